The van der Waals surface area contributed by atoms with E-state index in [1.165, 1.54) is 6.07 Å². The van der Waals surface area contributed by atoms with Crippen LogP contribution in [0.2, 0.25) is 0 Å². The van der Waals surface area contributed by atoms with E-state index in [9.17, 15) is 4.79 Å². The van der Waals surface area contributed by atoms with E-state index in [-0.39, 0.29) is 5.56 Å². The van der Waals surface area contributed by atoms with Crippen LogP contribution in [0.3, 0.4) is 0 Å². The minimum atomic E-state index is -1.02. The number of hydrogen-bond acceptors (Lipinski definition) is 4. The number of carboxylic acids is 1. The van der Waals surface area contributed by atoms with Crippen molar-refractivity contribution in [1.29, 1.82) is 0 Å². The Bertz CT molecular complexity index is 811. The highest BCUT2D eigenvalue weighted by molar-refractivity contribution is 5.94. The molecule has 0 aliphatic carbocycles. The summed E-state index contributed by atoms with van der Waals surface area (Å²) in [5.74, 6) is 0.415. The highest BCUT2D eigenvalue weighted by atomic mass is 16.5. The van der Waals surface area contributed by atoms with Gasteiger partial charge >= 0.3 is 5.97 Å². The number of methoxy groups -OCH3 is 1. The first-order valence-corrected chi connectivity index (χ1v) is 6.38. The highest BCUT2D eigenvalue weighted by Gasteiger charge is 2.15. The molecule has 3 aromatic rings. The predicted octanol–water partition coefficient (Wildman–Crippen LogP) is 2.03. The van der Waals surface area contributed by atoms with Gasteiger partial charge in [-0.05, 0) is 18.2 Å². The van der Waals surface area contributed by atoms with Gasteiger partial charge in [-0.2, -0.15) is 0 Å². The van der Waals surface area contributed by atoms with Gasteiger partial charge in [0.05, 0.1) is 7.11 Å². The summed E-state index contributed by atoms with van der Waals surface area (Å²) in [4.78, 5) is 11.2. The summed E-state index contributed by atoms with van der Waals surface area (Å²) in [6.45, 7) is 0. The number of benzene rings is 1. The Balaban J connectivity index is 2.06. The van der Waals surface area contributed by atoms with Crippen LogP contribution in [0, 0.1) is 0 Å². The molecule has 106 valence electrons. The van der Waals surface area contributed by atoms with Crippen molar-refractivity contribution in [2.75, 3.05) is 7.11 Å². The third kappa shape index (κ3) is 2.31. The van der Waals surface area contributed by atoms with Gasteiger partial charge in [0, 0.05) is 18.2 Å². The van der Waals surface area contributed by atoms with Crippen LogP contribution in [0.15, 0.2) is 42.6 Å². The Morgan fingerprint density at radius 1 is 1.24 bits per heavy atom. The lowest BCUT2D eigenvalue weighted by molar-refractivity contribution is 0.0698. The van der Waals surface area contributed by atoms with Gasteiger partial charge in [0.2, 0.25) is 0 Å². The second-order valence-corrected chi connectivity index (χ2v) is 4.53. The van der Waals surface area contributed by atoms with Gasteiger partial charge in [0.25, 0.3) is 0 Å². The van der Waals surface area contributed by atoms with Crippen LogP contribution in [-0.2, 0) is 6.42 Å². The van der Waals surface area contributed by atoms with E-state index < -0.39 is 5.97 Å². The first kappa shape index (κ1) is 13.1. The number of aromatic carboxylic acids is 1. The maximum absolute atomic E-state index is 11.2. The summed E-state index contributed by atoms with van der Waals surface area (Å²) < 4.78 is 7.01. The van der Waals surface area contributed by atoms with Crippen molar-refractivity contribution in [1.82, 2.24) is 14.6 Å². The second-order valence-electron chi connectivity index (χ2n) is 4.53. The van der Waals surface area contributed by atoms with Gasteiger partial charge in [0.15, 0.2) is 5.65 Å². The molecule has 0 atom stereocenters. The Morgan fingerprint density at radius 2 is 2.05 bits per heavy atom. The van der Waals surface area contributed by atoms with E-state index in [4.69, 9.17) is 9.84 Å². The lowest BCUT2D eigenvalue weighted by Crippen LogP contribution is -2.02. The third-order valence-electron chi connectivity index (χ3n) is 3.28. The van der Waals surface area contributed by atoms with Gasteiger partial charge in [0.1, 0.15) is 17.1 Å². The van der Waals surface area contributed by atoms with E-state index in [0.717, 1.165) is 11.3 Å². The number of aromatic nitrogens is 3. The molecule has 0 saturated carbocycles. The molecule has 0 bridgehead atoms. The van der Waals surface area contributed by atoms with Crippen molar-refractivity contribution < 1.29 is 14.6 Å². The molecule has 1 N–H and O–H groups in total. The Morgan fingerprint density at radius 3 is 2.81 bits per heavy atom. The average molecular weight is 283 g/mol. The Hall–Kier alpha value is -2.89. The second kappa shape index (κ2) is 5.24. The number of nitrogens with zero attached hydrogens (tertiary/aromatic N) is 3. The average Bonchev–Trinajstić information content (AvgIpc) is 2.91. The fourth-order valence-corrected chi connectivity index (χ4v) is 2.27. The molecule has 1 aromatic carbocycles. The number of carboxylic acid groups (broad SMARTS) is 1. The molecule has 0 aliphatic heterocycles. The summed E-state index contributed by atoms with van der Waals surface area (Å²) in [5, 5.41) is 17.2. The topological polar surface area (TPSA) is 76.7 Å². The molecule has 0 radical (unpaired) electrons. The normalized spacial score (nSPS) is 10.7. The van der Waals surface area contributed by atoms with Gasteiger partial charge in [-0.15, -0.1) is 10.2 Å². The molecule has 0 spiro atoms. The van der Waals surface area contributed by atoms with Crippen molar-refractivity contribution in [2.45, 2.75) is 6.42 Å². The monoisotopic (exact) mass is 283 g/mol. The molecule has 3 rings (SSSR count). The van der Waals surface area contributed by atoms with E-state index >= 15 is 0 Å². The molecule has 2 heterocycles. The SMILES string of the molecule is COc1ccccc1Cc1nnc2c(C(=O)O)cccn12. The molecular formula is C15H13N3O3. The minimum absolute atomic E-state index is 0.135. The van der Waals surface area contributed by atoms with Crippen LogP contribution in [0.4, 0.5) is 0 Å². The summed E-state index contributed by atoms with van der Waals surface area (Å²) >= 11 is 0. The number of hydrogen-bond donors (Lipinski definition) is 1. The van der Waals surface area contributed by atoms with Gasteiger partial charge < -0.3 is 9.84 Å². The van der Waals surface area contributed by atoms with E-state index in [0.29, 0.717) is 17.9 Å². The van der Waals surface area contributed by atoms with Gasteiger partial charge in [-0.25, -0.2) is 4.79 Å². The first-order chi connectivity index (χ1) is 10.2. The molecule has 6 heteroatoms. The highest BCUT2D eigenvalue weighted by Crippen LogP contribution is 2.21. The maximum atomic E-state index is 11.2. The van der Waals surface area contributed by atoms with Crippen LogP contribution in [-0.4, -0.2) is 32.8 Å². The predicted molar refractivity (Wildman–Crippen MR) is 75.7 cm³/mol. The van der Waals surface area contributed by atoms with Crippen molar-refractivity contribution >= 4 is 11.6 Å². The van der Waals surface area contributed by atoms with Crippen molar-refractivity contribution in [2.24, 2.45) is 0 Å². The maximum Gasteiger partial charge on any atom is 0.339 e. The van der Waals surface area contributed by atoms with Crippen molar-refractivity contribution in [3.63, 3.8) is 0 Å². The fraction of sp³-hybridized carbons (Fsp3) is 0.133. The molecule has 0 fully saturated rings. The molecule has 21 heavy (non-hydrogen) atoms. The first-order valence-electron chi connectivity index (χ1n) is 6.38. The van der Waals surface area contributed by atoms with Crippen LogP contribution in [0.5, 0.6) is 5.75 Å². The number of carbonyl (C=O) groups is 1. The van der Waals surface area contributed by atoms with E-state index in [1.54, 1.807) is 23.8 Å². The molecule has 0 amide bonds. The molecular weight excluding hydrogens is 270 g/mol. The van der Waals surface area contributed by atoms with Crippen molar-refractivity contribution in [3.8, 4) is 5.75 Å². The largest absolute Gasteiger partial charge is 0.496 e. The molecule has 2 aromatic heterocycles. The molecule has 0 saturated heterocycles. The van der Waals surface area contributed by atoms with E-state index in [2.05, 4.69) is 10.2 Å². The Labute approximate surface area is 120 Å². The standard InChI is InChI=1S/C15H13N3O3/c1-21-12-7-3-2-5-10(12)9-13-16-17-14-11(15(19)20)6-4-8-18(13)14/h2-8H,9H2,1H3,(H,19,20). The van der Waals surface area contributed by atoms with Crippen LogP contribution < -0.4 is 4.74 Å². The van der Waals surface area contributed by atoms with E-state index in [1.807, 2.05) is 24.3 Å². The van der Waals surface area contributed by atoms with Gasteiger partial charge in [-0.1, -0.05) is 18.2 Å². The molecule has 6 nitrogen and oxygen atoms in total. The molecule has 0 unspecified atom stereocenters. The fourth-order valence-electron chi connectivity index (χ4n) is 2.27. The summed E-state index contributed by atoms with van der Waals surface area (Å²) in [7, 11) is 1.61. The number of rotatable bonds is 4. The Kier molecular flexibility index (Phi) is 3.27. The van der Waals surface area contributed by atoms with Crippen LogP contribution in [0.1, 0.15) is 21.7 Å². The molecule has 0 aliphatic rings. The van der Waals surface area contributed by atoms with Crippen LogP contribution in [0.25, 0.3) is 5.65 Å². The number of pyridine rings is 1. The van der Waals surface area contributed by atoms with Gasteiger partial charge in [-0.3, -0.25) is 4.40 Å². The van der Waals surface area contributed by atoms with Crippen LogP contribution >= 0.6 is 0 Å². The zero-order valence-corrected chi connectivity index (χ0v) is 11.4. The number of ether oxygens (including phenoxy) is 1. The smallest absolute Gasteiger partial charge is 0.339 e. The summed E-state index contributed by atoms with van der Waals surface area (Å²) in [6, 6.07) is 10.8. The number of para-hydroxylation sites is 1. The lowest BCUT2D eigenvalue weighted by atomic mass is 10.1. The van der Waals surface area contributed by atoms with Crippen molar-refractivity contribution in [3.05, 3.63) is 59.5 Å². The quantitative estimate of drug-likeness (QED) is 0.792. The minimum Gasteiger partial charge on any atom is -0.496 e. The number of fused-ring (bicyclic) bond motifs is 1. The zero-order chi connectivity index (χ0) is 14.8. The summed E-state index contributed by atoms with van der Waals surface area (Å²) in [6.07, 6.45) is 2.26. The third-order valence-corrected chi connectivity index (χ3v) is 3.28. The summed E-state index contributed by atoms with van der Waals surface area (Å²) in [5.41, 5.74) is 1.45. The zero-order valence-electron chi connectivity index (χ0n) is 11.4. The lowest BCUT2D eigenvalue weighted by Gasteiger charge is -2.07.